The van der Waals surface area contributed by atoms with E-state index in [1.807, 2.05) is 13.8 Å². The molecule has 3 unspecified atom stereocenters. The van der Waals surface area contributed by atoms with E-state index in [0.717, 1.165) is 11.8 Å². The summed E-state index contributed by atoms with van der Waals surface area (Å²) in [7, 11) is 0. The van der Waals surface area contributed by atoms with Crippen LogP contribution in [-0.2, 0) is 4.79 Å². The van der Waals surface area contributed by atoms with E-state index in [0.29, 0.717) is 18.5 Å². The second-order valence-corrected chi connectivity index (χ2v) is 7.06. The predicted molar refractivity (Wildman–Crippen MR) is 76.1 cm³/mol. The molecular formula is C15H30N2O. The molecule has 3 atom stereocenters. The molecule has 1 rings (SSSR count). The van der Waals surface area contributed by atoms with Gasteiger partial charge in [-0.1, -0.05) is 27.2 Å². The normalized spacial score (nSPS) is 29.6. The molecule has 3 nitrogen and oxygen atoms in total. The van der Waals surface area contributed by atoms with Crippen molar-refractivity contribution in [3.05, 3.63) is 0 Å². The Morgan fingerprint density at radius 1 is 1.39 bits per heavy atom. The van der Waals surface area contributed by atoms with Crippen LogP contribution in [0, 0.1) is 23.2 Å². The molecule has 0 heterocycles. The Morgan fingerprint density at radius 2 is 2.00 bits per heavy atom. The van der Waals surface area contributed by atoms with Crippen LogP contribution in [0.5, 0.6) is 0 Å². The third-order valence-electron chi connectivity index (χ3n) is 4.50. The van der Waals surface area contributed by atoms with Crippen LogP contribution in [-0.4, -0.2) is 18.5 Å². The lowest BCUT2D eigenvalue weighted by atomic mass is 9.73. The largest absolute Gasteiger partial charge is 0.369 e. The number of rotatable bonds is 5. The average Bonchev–Trinajstić information content (AvgIpc) is 2.26. The van der Waals surface area contributed by atoms with Crippen molar-refractivity contribution in [3.8, 4) is 0 Å². The number of carbonyl (C=O) groups is 1. The summed E-state index contributed by atoms with van der Waals surface area (Å²) in [5.41, 5.74) is 4.97. The Bertz CT molecular complexity index is 286. The molecule has 1 saturated carbocycles. The number of hydrogen-bond acceptors (Lipinski definition) is 2. The fourth-order valence-corrected chi connectivity index (χ4v) is 2.91. The van der Waals surface area contributed by atoms with Gasteiger partial charge in [-0.05, 0) is 44.4 Å². The van der Waals surface area contributed by atoms with Crippen molar-refractivity contribution >= 4 is 5.91 Å². The van der Waals surface area contributed by atoms with E-state index in [1.165, 1.54) is 19.3 Å². The summed E-state index contributed by atoms with van der Waals surface area (Å²) in [5, 5.41) is 3.60. The fraction of sp³-hybridized carbons (Fsp3) is 0.933. The molecule has 1 aliphatic carbocycles. The summed E-state index contributed by atoms with van der Waals surface area (Å²) < 4.78 is 0. The number of amides is 1. The molecule has 1 amide bonds. The minimum Gasteiger partial charge on any atom is -0.369 e. The van der Waals surface area contributed by atoms with Crippen molar-refractivity contribution in [2.75, 3.05) is 6.54 Å². The highest BCUT2D eigenvalue weighted by Crippen LogP contribution is 2.33. The molecule has 0 aliphatic heterocycles. The van der Waals surface area contributed by atoms with Crippen LogP contribution >= 0.6 is 0 Å². The molecule has 1 aliphatic rings. The second kappa shape index (κ2) is 6.05. The summed E-state index contributed by atoms with van der Waals surface area (Å²) in [4.78, 5) is 11.4. The van der Waals surface area contributed by atoms with Crippen LogP contribution in [0.15, 0.2) is 0 Å². The summed E-state index contributed by atoms with van der Waals surface area (Å²) in [5.74, 6) is 1.99. The van der Waals surface area contributed by atoms with Crippen LogP contribution in [0.25, 0.3) is 0 Å². The van der Waals surface area contributed by atoms with Gasteiger partial charge in [0.1, 0.15) is 0 Å². The molecule has 0 aromatic carbocycles. The van der Waals surface area contributed by atoms with Crippen LogP contribution < -0.4 is 11.1 Å². The first-order valence-corrected chi connectivity index (χ1v) is 7.27. The summed E-state index contributed by atoms with van der Waals surface area (Å²) in [6.07, 6.45) is 3.85. The van der Waals surface area contributed by atoms with Gasteiger partial charge in [0, 0.05) is 12.6 Å². The third-order valence-corrected chi connectivity index (χ3v) is 4.50. The summed E-state index contributed by atoms with van der Waals surface area (Å²) in [6.45, 7) is 11.4. The van der Waals surface area contributed by atoms with Gasteiger partial charge in [-0.25, -0.2) is 0 Å². The van der Waals surface area contributed by atoms with Gasteiger partial charge in [0.05, 0.1) is 5.41 Å². The lowest BCUT2D eigenvalue weighted by Crippen LogP contribution is -2.49. The molecule has 0 saturated heterocycles. The number of nitrogens with two attached hydrogens (primary N) is 1. The maximum atomic E-state index is 11.4. The van der Waals surface area contributed by atoms with Crippen LogP contribution in [0.4, 0.5) is 0 Å². The number of hydrogen-bond donors (Lipinski definition) is 2. The molecular weight excluding hydrogens is 224 g/mol. The summed E-state index contributed by atoms with van der Waals surface area (Å²) in [6, 6.07) is 0.535. The maximum Gasteiger partial charge on any atom is 0.224 e. The molecule has 3 N–H and O–H groups in total. The highest BCUT2D eigenvalue weighted by molar-refractivity contribution is 5.80. The fourth-order valence-electron chi connectivity index (χ4n) is 2.91. The topological polar surface area (TPSA) is 55.1 Å². The van der Waals surface area contributed by atoms with Crippen LogP contribution in [0.2, 0.25) is 0 Å². The first-order chi connectivity index (χ1) is 8.24. The lowest BCUT2D eigenvalue weighted by Gasteiger charge is -2.39. The standard InChI is InChI=1S/C15H30N2O/c1-10(2)12-7-6-11(3)8-13(12)17-9-15(4,5)14(16)18/h10-13,17H,6-9H2,1-5H3,(H2,16,18). The van der Waals surface area contributed by atoms with E-state index in [9.17, 15) is 4.79 Å². The Hall–Kier alpha value is -0.570. The molecule has 0 spiro atoms. The smallest absolute Gasteiger partial charge is 0.224 e. The third kappa shape index (κ3) is 3.98. The first kappa shape index (κ1) is 15.5. The zero-order valence-electron chi connectivity index (χ0n) is 12.6. The monoisotopic (exact) mass is 254 g/mol. The molecule has 3 heteroatoms. The Morgan fingerprint density at radius 3 is 2.50 bits per heavy atom. The van der Waals surface area contributed by atoms with Gasteiger partial charge in [0.2, 0.25) is 5.91 Å². The molecule has 0 aromatic heterocycles. The minimum atomic E-state index is -0.456. The van der Waals surface area contributed by atoms with Crippen molar-refractivity contribution in [3.63, 3.8) is 0 Å². The van der Waals surface area contributed by atoms with Gasteiger partial charge in [-0.2, -0.15) is 0 Å². The molecule has 18 heavy (non-hydrogen) atoms. The molecule has 106 valence electrons. The second-order valence-electron chi connectivity index (χ2n) is 7.06. The van der Waals surface area contributed by atoms with E-state index >= 15 is 0 Å². The molecule has 0 bridgehead atoms. The van der Waals surface area contributed by atoms with Gasteiger partial charge in [-0.15, -0.1) is 0 Å². The van der Waals surface area contributed by atoms with E-state index in [-0.39, 0.29) is 5.91 Å². The number of primary amides is 1. The average molecular weight is 254 g/mol. The lowest BCUT2D eigenvalue weighted by molar-refractivity contribution is -0.125. The van der Waals surface area contributed by atoms with Gasteiger partial charge < -0.3 is 11.1 Å². The highest BCUT2D eigenvalue weighted by atomic mass is 16.1. The van der Waals surface area contributed by atoms with E-state index in [4.69, 9.17) is 5.73 Å². The summed E-state index contributed by atoms with van der Waals surface area (Å²) >= 11 is 0. The van der Waals surface area contributed by atoms with Crippen molar-refractivity contribution in [2.45, 2.75) is 59.9 Å². The van der Waals surface area contributed by atoms with Crippen LogP contribution in [0.1, 0.15) is 53.9 Å². The van der Waals surface area contributed by atoms with E-state index in [1.54, 1.807) is 0 Å². The highest BCUT2D eigenvalue weighted by Gasteiger charge is 2.33. The predicted octanol–water partition coefficient (Wildman–Crippen LogP) is 2.55. The van der Waals surface area contributed by atoms with Crippen LogP contribution in [0.3, 0.4) is 0 Å². The van der Waals surface area contributed by atoms with Crippen molar-refractivity contribution < 1.29 is 4.79 Å². The Balaban J connectivity index is 2.59. The van der Waals surface area contributed by atoms with E-state index in [2.05, 4.69) is 26.1 Å². The van der Waals surface area contributed by atoms with Gasteiger partial charge in [-0.3, -0.25) is 4.79 Å². The number of nitrogens with one attached hydrogen (secondary N) is 1. The van der Waals surface area contributed by atoms with Crippen molar-refractivity contribution in [1.29, 1.82) is 0 Å². The van der Waals surface area contributed by atoms with Gasteiger partial charge in [0.15, 0.2) is 0 Å². The minimum absolute atomic E-state index is 0.222. The van der Waals surface area contributed by atoms with Crippen molar-refractivity contribution in [1.82, 2.24) is 5.32 Å². The SMILES string of the molecule is CC1CCC(C(C)C)C(NCC(C)(C)C(N)=O)C1. The zero-order valence-corrected chi connectivity index (χ0v) is 12.6. The molecule has 0 radical (unpaired) electrons. The zero-order chi connectivity index (χ0) is 13.9. The molecule has 0 aromatic rings. The number of carbonyl (C=O) groups excluding carboxylic acids is 1. The van der Waals surface area contributed by atoms with Gasteiger partial charge in [0.25, 0.3) is 0 Å². The quantitative estimate of drug-likeness (QED) is 0.792. The maximum absolute atomic E-state index is 11.4. The van der Waals surface area contributed by atoms with E-state index < -0.39 is 5.41 Å². The Kier molecular flexibility index (Phi) is 5.20. The van der Waals surface area contributed by atoms with Gasteiger partial charge >= 0.3 is 0 Å². The Labute approximate surface area is 112 Å². The van der Waals surface area contributed by atoms with Crippen molar-refractivity contribution in [2.24, 2.45) is 28.9 Å². The first-order valence-electron chi connectivity index (χ1n) is 7.27. The molecule has 1 fully saturated rings.